The van der Waals surface area contributed by atoms with Gasteiger partial charge in [-0.25, -0.2) is 0 Å². The van der Waals surface area contributed by atoms with E-state index in [1.165, 1.54) is 6.07 Å². The highest BCUT2D eigenvalue weighted by atomic mass is 35.5. The van der Waals surface area contributed by atoms with Gasteiger partial charge in [0.2, 0.25) is 0 Å². The summed E-state index contributed by atoms with van der Waals surface area (Å²) in [6, 6.07) is 15.0. The Labute approximate surface area is 184 Å². The fraction of sp³-hybridized carbons (Fsp3) is 0.227. The van der Waals surface area contributed by atoms with Crippen LogP contribution in [0.1, 0.15) is 24.2 Å². The van der Waals surface area contributed by atoms with Crippen LogP contribution >= 0.6 is 23.2 Å². The topological polar surface area (TPSA) is 84.2 Å². The number of nitrogens with one attached hydrogen (secondary N) is 1. The highest BCUT2D eigenvalue weighted by Gasteiger charge is 2.19. The van der Waals surface area contributed by atoms with Crippen molar-refractivity contribution in [2.75, 3.05) is 6.54 Å². The van der Waals surface area contributed by atoms with E-state index in [2.05, 4.69) is 10.4 Å². The van der Waals surface area contributed by atoms with Crippen LogP contribution in [0.15, 0.2) is 59.4 Å². The van der Waals surface area contributed by atoms with E-state index in [0.717, 1.165) is 4.68 Å². The Morgan fingerprint density at radius 3 is 2.43 bits per heavy atom. The normalized spacial score (nSPS) is 12.1. The van der Waals surface area contributed by atoms with Crippen LogP contribution in [0.5, 0.6) is 0 Å². The first-order valence-electron chi connectivity index (χ1n) is 9.39. The molecule has 1 heterocycles. The number of rotatable bonds is 6. The monoisotopic (exact) mass is 445 g/mol. The molecule has 3 aromatic rings. The summed E-state index contributed by atoms with van der Waals surface area (Å²) in [6.07, 6.45) is -0.721. The van der Waals surface area contributed by atoms with Crippen LogP contribution in [-0.2, 0) is 0 Å². The Balaban J connectivity index is 2.10. The molecular weight excluding hydrogens is 425 g/mol. The molecule has 8 heteroatoms. The molecule has 0 bridgehead atoms. The molecule has 1 amide bonds. The number of amides is 1. The molecule has 0 saturated carbocycles. The van der Waals surface area contributed by atoms with Gasteiger partial charge in [-0.05, 0) is 42.3 Å². The van der Waals surface area contributed by atoms with Crippen molar-refractivity contribution in [2.24, 2.45) is 5.92 Å². The largest absolute Gasteiger partial charge is 0.391 e. The summed E-state index contributed by atoms with van der Waals surface area (Å²) in [6.45, 7) is 3.72. The first kappa shape index (κ1) is 22.0. The van der Waals surface area contributed by atoms with E-state index in [4.69, 9.17) is 23.2 Å². The summed E-state index contributed by atoms with van der Waals surface area (Å²) in [5.41, 5.74) is 0.851. The Morgan fingerprint density at radius 2 is 1.80 bits per heavy atom. The number of hydrogen-bond donors (Lipinski definition) is 2. The van der Waals surface area contributed by atoms with Gasteiger partial charge in [-0.3, -0.25) is 9.59 Å². The van der Waals surface area contributed by atoms with Gasteiger partial charge in [0.1, 0.15) is 5.56 Å². The van der Waals surface area contributed by atoms with Gasteiger partial charge in [0.05, 0.1) is 17.5 Å². The summed E-state index contributed by atoms with van der Waals surface area (Å²) in [4.78, 5) is 25.8. The average molecular weight is 446 g/mol. The zero-order chi connectivity index (χ0) is 21.8. The zero-order valence-corrected chi connectivity index (χ0v) is 18.0. The second kappa shape index (κ2) is 9.43. The maximum absolute atomic E-state index is 13.1. The van der Waals surface area contributed by atoms with Crippen LogP contribution in [0, 0.1) is 5.92 Å². The predicted molar refractivity (Wildman–Crippen MR) is 118 cm³/mol. The smallest absolute Gasteiger partial charge is 0.284 e. The number of aliphatic hydroxyl groups is 1. The predicted octanol–water partition coefficient (Wildman–Crippen LogP) is 3.95. The minimum Gasteiger partial charge on any atom is -0.391 e. The molecule has 1 aromatic heterocycles. The molecule has 3 rings (SSSR count). The quantitative estimate of drug-likeness (QED) is 0.601. The first-order valence-corrected chi connectivity index (χ1v) is 10.1. The Hall–Kier alpha value is -2.67. The molecule has 0 aliphatic carbocycles. The molecule has 2 aromatic carbocycles. The van der Waals surface area contributed by atoms with Crippen LogP contribution in [-0.4, -0.2) is 33.4 Å². The lowest BCUT2D eigenvalue weighted by molar-refractivity contribution is 0.0869. The minimum atomic E-state index is -0.721. The molecule has 0 fully saturated rings. The third kappa shape index (κ3) is 5.08. The molecule has 0 aliphatic heterocycles. The van der Waals surface area contributed by atoms with Gasteiger partial charge in [0.25, 0.3) is 11.5 Å². The maximum Gasteiger partial charge on any atom is 0.284 e. The number of carbonyl (C=O) groups excluding carboxylic acids is 1. The average Bonchev–Trinajstić information content (AvgIpc) is 2.72. The van der Waals surface area contributed by atoms with Crippen molar-refractivity contribution in [1.29, 1.82) is 0 Å². The lowest BCUT2D eigenvalue weighted by atomic mass is 10.1. The first-order chi connectivity index (χ1) is 14.3. The van der Waals surface area contributed by atoms with E-state index in [1.54, 1.807) is 48.5 Å². The van der Waals surface area contributed by atoms with Crippen molar-refractivity contribution in [2.45, 2.75) is 20.0 Å². The maximum atomic E-state index is 13.1. The lowest BCUT2D eigenvalue weighted by Gasteiger charge is -2.16. The molecule has 6 nitrogen and oxygen atoms in total. The van der Waals surface area contributed by atoms with Gasteiger partial charge in [-0.15, -0.1) is 0 Å². The molecular formula is C22H21Cl2N3O3. The third-order valence-corrected chi connectivity index (χ3v) is 5.08. The number of benzene rings is 2. The van der Waals surface area contributed by atoms with E-state index >= 15 is 0 Å². The van der Waals surface area contributed by atoms with Gasteiger partial charge >= 0.3 is 0 Å². The lowest BCUT2D eigenvalue weighted by Crippen LogP contribution is -2.38. The number of hydrogen-bond acceptors (Lipinski definition) is 4. The molecule has 0 saturated heterocycles. The number of carbonyl (C=O) groups is 1. The van der Waals surface area contributed by atoms with Gasteiger partial charge in [0, 0.05) is 22.2 Å². The van der Waals surface area contributed by atoms with Crippen molar-refractivity contribution in [3.8, 4) is 16.9 Å². The summed E-state index contributed by atoms with van der Waals surface area (Å²) in [5.74, 6) is -0.622. The highest BCUT2D eigenvalue weighted by Crippen LogP contribution is 2.21. The highest BCUT2D eigenvalue weighted by molar-refractivity contribution is 6.31. The summed E-state index contributed by atoms with van der Waals surface area (Å²) >= 11 is 12.0. The number of halogens is 2. The standard InChI is InChI=1S/C22H21Cl2N3O3/c1-13(2)20(28)12-25-21(29)18-11-19(14-6-8-15(23)9-7-14)26-27(22(18)30)17-5-3-4-16(24)10-17/h3-11,13,20,28H,12H2,1-2H3,(H,25,29)/t20-/m0/s1. The second-order valence-corrected chi connectivity index (χ2v) is 8.04. The van der Waals surface area contributed by atoms with Crippen LogP contribution in [0.2, 0.25) is 10.0 Å². The Kier molecular flexibility index (Phi) is 6.92. The third-order valence-electron chi connectivity index (χ3n) is 4.59. The van der Waals surface area contributed by atoms with E-state index < -0.39 is 17.6 Å². The van der Waals surface area contributed by atoms with Crippen molar-refractivity contribution in [1.82, 2.24) is 15.1 Å². The van der Waals surface area contributed by atoms with E-state index in [-0.39, 0.29) is 18.0 Å². The summed E-state index contributed by atoms with van der Waals surface area (Å²) in [5, 5.41) is 18.0. The SMILES string of the molecule is CC(C)[C@@H](O)CNC(=O)c1cc(-c2ccc(Cl)cc2)nn(-c2cccc(Cl)c2)c1=O. The van der Waals surface area contributed by atoms with Gasteiger partial charge in [-0.1, -0.05) is 55.2 Å². The minimum absolute atomic E-state index is 0.0320. The van der Waals surface area contributed by atoms with Crippen molar-refractivity contribution in [3.63, 3.8) is 0 Å². The van der Waals surface area contributed by atoms with Crippen molar-refractivity contribution < 1.29 is 9.90 Å². The van der Waals surface area contributed by atoms with Crippen LogP contribution in [0.25, 0.3) is 16.9 Å². The Morgan fingerprint density at radius 1 is 1.10 bits per heavy atom. The molecule has 156 valence electrons. The van der Waals surface area contributed by atoms with Gasteiger partial charge in [0.15, 0.2) is 0 Å². The molecule has 0 radical (unpaired) electrons. The van der Waals surface area contributed by atoms with E-state index in [1.807, 2.05) is 13.8 Å². The van der Waals surface area contributed by atoms with Crippen LogP contribution < -0.4 is 10.9 Å². The molecule has 2 N–H and O–H groups in total. The van der Waals surface area contributed by atoms with Crippen LogP contribution in [0.4, 0.5) is 0 Å². The number of aliphatic hydroxyl groups excluding tert-OH is 1. The molecule has 0 unspecified atom stereocenters. The van der Waals surface area contributed by atoms with Gasteiger partial charge < -0.3 is 10.4 Å². The second-order valence-electron chi connectivity index (χ2n) is 7.17. The van der Waals surface area contributed by atoms with Crippen LogP contribution in [0.3, 0.4) is 0 Å². The molecule has 0 spiro atoms. The summed E-state index contributed by atoms with van der Waals surface area (Å²) in [7, 11) is 0. The fourth-order valence-electron chi connectivity index (χ4n) is 2.73. The molecule has 30 heavy (non-hydrogen) atoms. The Bertz CT molecular complexity index is 1110. The fourth-order valence-corrected chi connectivity index (χ4v) is 3.04. The summed E-state index contributed by atoms with van der Waals surface area (Å²) < 4.78 is 1.14. The molecule has 0 aliphatic rings. The zero-order valence-electron chi connectivity index (χ0n) is 16.5. The van der Waals surface area contributed by atoms with Crippen molar-refractivity contribution in [3.05, 3.63) is 80.6 Å². The number of aromatic nitrogens is 2. The van der Waals surface area contributed by atoms with E-state index in [9.17, 15) is 14.7 Å². The van der Waals surface area contributed by atoms with Gasteiger partial charge in [-0.2, -0.15) is 9.78 Å². The number of nitrogens with zero attached hydrogens (tertiary/aromatic N) is 2. The molecule has 1 atom stereocenters. The van der Waals surface area contributed by atoms with E-state index in [0.29, 0.717) is 27.0 Å². The van der Waals surface area contributed by atoms with Crippen molar-refractivity contribution >= 4 is 29.1 Å².